The Balaban J connectivity index is 1.71. The molecule has 1 fully saturated rings. The van der Waals surface area contributed by atoms with E-state index in [0.29, 0.717) is 11.4 Å². The Labute approximate surface area is 164 Å². The summed E-state index contributed by atoms with van der Waals surface area (Å²) in [6.07, 6.45) is -1.26. The Morgan fingerprint density at radius 1 is 1.03 bits per heavy atom. The van der Waals surface area contributed by atoms with Gasteiger partial charge in [-0.1, -0.05) is 12.1 Å². The molecule has 0 aliphatic carbocycles. The van der Waals surface area contributed by atoms with Crippen LogP contribution in [-0.2, 0) is 6.18 Å². The average Bonchev–Trinajstić information content (AvgIpc) is 3.41. The molecular formula is C19H17F3N6O. The van der Waals surface area contributed by atoms with Gasteiger partial charge in [-0.25, -0.2) is 0 Å². The number of benzene rings is 2. The number of aromatic nitrogens is 4. The molecule has 150 valence electrons. The van der Waals surface area contributed by atoms with Crippen molar-refractivity contribution in [3.05, 3.63) is 59.9 Å². The number of alkyl halides is 3. The summed E-state index contributed by atoms with van der Waals surface area (Å²) in [5.74, 6) is -0.545. The van der Waals surface area contributed by atoms with Gasteiger partial charge in [0.05, 0.1) is 28.2 Å². The number of nitrogens with one attached hydrogen (secondary N) is 1. The van der Waals surface area contributed by atoms with Crippen LogP contribution in [0.3, 0.4) is 0 Å². The Morgan fingerprint density at radius 3 is 2.48 bits per heavy atom. The summed E-state index contributed by atoms with van der Waals surface area (Å²) in [6.45, 7) is 1.46. The quantitative estimate of drug-likeness (QED) is 0.723. The van der Waals surface area contributed by atoms with Crippen molar-refractivity contribution >= 4 is 17.3 Å². The molecule has 0 atom stereocenters. The van der Waals surface area contributed by atoms with Crippen LogP contribution in [-0.4, -0.2) is 39.2 Å². The maximum absolute atomic E-state index is 13.2. The van der Waals surface area contributed by atoms with E-state index < -0.39 is 17.6 Å². The van der Waals surface area contributed by atoms with Crippen molar-refractivity contribution in [2.45, 2.75) is 19.0 Å². The summed E-state index contributed by atoms with van der Waals surface area (Å²) in [5.41, 5.74) is 0.542. The highest BCUT2D eigenvalue weighted by molar-refractivity contribution is 6.08. The van der Waals surface area contributed by atoms with Crippen LogP contribution in [0.25, 0.3) is 5.69 Å². The van der Waals surface area contributed by atoms with Gasteiger partial charge in [0.15, 0.2) is 0 Å². The summed E-state index contributed by atoms with van der Waals surface area (Å²) in [6, 6.07) is 10.0. The lowest BCUT2D eigenvalue weighted by Gasteiger charge is -2.23. The maximum atomic E-state index is 13.2. The van der Waals surface area contributed by atoms with Gasteiger partial charge in [-0.2, -0.15) is 17.9 Å². The third kappa shape index (κ3) is 3.91. The topological polar surface area (TPSA) is 75.9 Å². The molecule has 0 radical (unpaired) electrons. The first-order valence-corrected chi connectivity index (χ1v) is 9.03. The van der Waals surface area contributed by atoms with Crippen molar-refractivity contribution < 1.29 is 18.0 Å². The second-order valence-corrected chi connectivity index (χ2v) is 6.65. The SMILES string of the molecule is O=C(Nc1cc(C(F)(F)F)ccc1N1CCCC1)c1ccccc1-n1cnnn1. The number of anilines is 2. The third-order valence-corrected chi connectivity index (χ3v) is 4.76. The summed E-state index contributed by atoms with van der Waals surface area (Å²) in [5, 5.41) is 13.6. The van der Waals surface area contributed by atoms with Gasteiger partial charge in [-0.05, 0) is 53.6 Å². The van der Waals surface area contributed by atoms with Gasteiger partial charge in [0.2, 0.25) is 0 Å². The van der Waals surface area contributed by atoms with Crippen LogP contribution in [0.2, 0.25) is 0 Å². The normalized spacial score (nSPS) is 14.2. The highest BCUT2D eigenvalue weighted by atomic mass is 19.4. The Bertz CT molecular complexity index is 1010. The molecule has 0 spiro atoms. The number of tetrazole rings is 1. The van der Waals surface area contributed by atoms with Crippen LogP contribution in [0.4, 0.5) is 24.5 Å². The molecule has 3 aromatic rings. The van der Waals surface area contributed by atoms with Crippen molar-refractivity contribution in [1.82, 2.24) is 20.2 Å². The first-order chi connectivity index (χ1) is 13.9. The van der Waals surface area contributed by atoms with Crippen molar-refractivity contribution in [2.24, 2.45) is 0 Å². The molecule has 0 unspecified atom stereocenters. The monoisotopic (exact) mass is 402 g/mol. The minimum atomic E-state index is -4.51. The van der Waals surface area contributed by atoms with E-state index in [1.165, 1.54) is 17.1 Å². The lowest BCUT2D eigenvalue weighted by atomic mass is 10.1. The molecule has 0 bridgehead atoms. The van der Waals surface area contributed by atoms with Gasteiger partial charge in [0.1, 0.15) is 6.33 Å². The fraction of sp³-hybridized carbons (Fsp3) is 0.263. The van der Waals surface area contributed by atoms with E-state index in [1.807, 2.05) is 4.90 Å². The number of rotatable bonds is 4. The van der Waals surface area contributed by atoms with Gasteiger partial charge in [-0.15, -0.1) is 5.10 Å². The number of hydrogen-bond acceptors (Lipinski definition) is 5. The number of carbonyl (C=O) groups is 1. The zero-order chi connectivity index (χ0) is 20.4. The molecule has 1 N–H and O–H groups in total. The zero-order valence-corrected chi connectivity index (χ0v) is 15.2. The molecular weight excluding hydrogens is 385 g/mol. The van der Waals surface area contributed by atoms with Crippen LogP contribution in [0.15, 0.2) is 48.8 Å². The van der Waals surface area contributed by atoms with E-state index in [9.17, 15) is 18.0 Å². The number of halogens is 3. The summed E-state index contributed by atoms with van der Waals surface area (Å²) >= 11 is 0. The second-order valence-electron chi connectivity index (χ2n) is 6.65. The molecule has 7 nitrogen and oxygen atoms in total. The average molecular weight is 402 g/mol. The predicted molar refractivity (Wildman–Crippen MR) is 100.0 cm³/mol. The van der Waals surface area contributed by atoms with Crippen molar-refractivity contribution in [2.75, 3.05) is 23.3 Å². The van der Waals surface area contributed by atoms with Gasteiger partial charge in [0, 0.05) is 13.1 Å². The third-order valence-electron chi connectivity index (χ3n) is 4.76. The van der Waals surface area contributed by atoms with E-state index in [2.05, 4.69) is 20.8 Å². The van der Waals surface area contributed by atoms with Gasteiger partial charge >= 0.3 is 6.18 Å². The Hall–Kier alpha value is -3.43. The van der Waals surface area contributed by atoms with E-state index in [0.717, 1.165) is 38.1 Å². The van der Waals surface area contributed by atoms with E-state index in [1.54, 1.807) is 24.3 Å². The lowest BCUT2D eigenvalue weighted by molar-refractivity contribution is -0.137. The summed E-state index contributed by atoms with van der Waals surface area (Å²) < 4.78 is 41.0. The molecule has 4 rings (SSSR count). The van der Waals surface area contributed by atoms with Crippen LogP contribution in [0.1, 0.15) is 28.8 Å². The smallest absolute Gasteiger partial charge is 0.370 e. The molecule has 2 aromatic carbocycles. The summed E-state index contributed by atoms with van der Waals surface area (Å²) in [4.78, 5) is 14.9. The molecule has 1 amide bonds. The second kappa shape index (κ2) is 7.53. The van der Waals surface area contributed by atoms with Gasteiger partial charge in [-0.3, -0.25) is 4.79 Å². The fourth-order valence-electron chi connectivity index (χ4n) is 3.37. The minimum Gasteiger partial charge on any atom is -0.370 e. The highest BCUT2D eigenvalue weighted by Gasteiger charge is 2.32. The number of amides is 1. The molecule has 10 heteroatoms. The predicted octanol–water partition coefficient (Wildman–Crippen LogP) is 3.53. The number of nitrogens with zero attached hydrogens (tertiary/aromatic N) is 5. The Kier molecular flexibility index (Phi) is 4.91. The van der Waals surface area contributed by atoms with E-state index in [4.69, 9.17) is 0 Å². The first kappa shape index (κ1) is 18.9. The summed E-state index contributed by atoms with van der Waals surface area (Å²) in [7, 11) is 0. The molecule has 1 aromatic heterocycles. The zero-order valence-electron chi connectivity index (χ0n) is 15.2. The van der Waals surface area contributed by atoms with Gasteiger partial charge < -0.3 is 10.2 Å². The standard InChI is InChI=1S/C19H17F3N6O/c20-19(21,22)13-7-8-17(27-9-3-4-10-27)15(11-13)24-18(29)14-5-1-2-6-16(14)28-12-23-25-26-28/h1-2,5-8,11-12H,3-4,9-10H2,(H,24,29). The van der Waals surface area contributed by atoms with Crippen LogP contribution in [0.5, 0.6) is 0 Å². The molecule has 2 heterocycles. The number of carbonyl (C=O) groups excluding carboxylic acids is 1. The minimum absolute atomic E-state index is 0.123. The largest absolute Gasteiger partial charge is 0.416 e. The van der Waals surface area contributed by atoms with Crippen LogP contribution in [0, 0.1) is 0 Å². The molecule has 1 aliphatic rings. The Morgan fingerprint density at radius 2 is 1.79 bits per heavy atom. The van der Waals surface area contributed by atoms with Crippen molar-refractivity contribution in [3.8, 4) is 5.69 Å². The van der Waals surface area contributed by atoms with Crippen molar-refractivity contribution in [3.63, 3.8) is 0 Å². The number of hydrogen-bond donors (Lipinski definition) is 1. The molecule has 1 saturated heterocycles. The first-order valence-electron chi connectivity index (χ1n) is 9.03. The van der Waals surface area contributed by atoms with E-state index >= 15 is 0 Å². The van der Waals surface area contributed by atoms with Crippen molar-refractivity contribution in [1.29, 1.82) is 0 Å². The van der Waals surface area contributed by atoms with E-state index in [-0.39, 0.29) is 11.3 Å². The number of para-hydroxylation sites is 1. The highest BCUT2D eigenvalue weighted by Crippen LogP contribution is 2.36. The maximum Gasteiger partial charge on any atom is 0.416 e. The molecule has 1 aliphatic heterocycles. The lowest BCUT2D eigenvalue weighted by Crippen LogP contribution is -2.22. The molecule has 0 saturated carbocycles. The molecule has 29 heavy (non-hydrogen) atoms. The van der Waals surface area contributed by atoms with Crippen LogP contribution < -0.4 is 10.2 Å². The van der Waals surface area contributed by atoms with Crippen LogP contribution >= 0.6 is 0 Å². The van der Waals surface area contributed by atoms with Gasteiger partial charge in [0.25, 0.3) is 5.91 Å². The fourth-order valence-corrected chi connectivity index (χ4v) is 3.37.